The first-order chi connectivity index (χ1) is 22.0. The van der Waals surface area contributed by atoms with Crippen molar-refractivity contribution in [2.75, 3.05) is 44.7 Å². The molecule has 6 nitrogen and oxygen atoms in total. The number of halogens is 2. The lowest BCUT2D eigenvalue weighted by Gasteiger charge is -2.39. The van der Waals surface area contributed by atoms with Crippen LogP contribution in [0.15, 0.2) is 103 Å². The van der Waals surface area contributed by atoms with Crippen molar-refractivity contribution in [3.8, 4) is 0 Å². The number of para-hydroxylation sites is 2. The summed E-state index contributed by atoms with van der Waals surface area (Å²) in [7, 11) is 2.14. The van der Waals surface area contributed by atoms with Gasteiger partial charge in [-0.2, -0.15) is 0 Å². The van der Waals surface area contributed by atoms with Gasteiger partial charge >= 0.3 is 0 Å². The normalized spacial score (nSPS) is 14.5. The van der Waals surface area contributed by atoms with Gasteiger partial charge in [0, 0.05) is 72.3 Å². The molecule has 0 atom stereocenters. The molecule has 1 aliphatic heterocycles. The van der Waals surface area contributed by atoms with Crippen molar-refractivity contribution in [3.63, 3.8) is 0 Å². The van der Waals surface area contributed by atoms with E-state index >= 15 is 0 Å². The van der Waals surface area contributed by atoms with Crippen LogP contribution < -0.4 is 4.90 Å². The van der Waals surface area contributed by atoms with Gasteiger partial charge in [-0.3, -0.25) is 9.80 Å². The molecule has 1 fully saturated rings. The van der Waals surface area contributed by atoms with E-state index in [0.717, 1.165) is 71.7 Å². The highest BCUT2D eigenvalue weighted by Gasteiger charge is 2.27. The summed E-state index contributed by atoms with van der Waals surface area (Å²) in [6.45, 7) is 5.30. The number of piperazine rings is 1. The summed E-state index contributed by atoms with van der Waals surface area (Å²) in [6, 6.07) is 33.4. The van der Waals surface area contributed by atoms with Crippen LogP contribution in [0.1, 0.15) is 28.6 Å². The molecule has 228 valence electrons. The van der Waals surface area contributed by atoms with Crippen LogP contribution in [0.25, 0.3) is 21.8 Å². The number of nitrogens with one attached hydrogen (secondary N) is 1. The number of hydrogen-bond acceptors (Lipinski definition) is 5. The summed E-state index contributed by atoms with van der Waals surface area (Å²) < 4.78 is 0. The molecular formula is C37H36Cl2N6. The highest BCUT2D eigenvalue weighted by molar-refractivity contribution is 6.30. The Morgan fingerprint density at radius 3 is 2.07 bits per heavy atom. The molecule has 0 bridgehead atoms. The Balaban J connectivity index is 1.07. The second kappa shape index (κ2) is 13.2. The fraction of sp³-hybridized carbons (Fsp3) is 0.243. The molecule has 3 heterocycles. The average molecular weight is 636 g/mol. The Bertz CT molecular complexity index is 1850. The number of rotatable bonds is 9. The fourth-order valence-corrected chi connectivity index (χ4v) is 6.74. The lowest BCUT2D eigenvalue weighted by molar-refractivity contribution is 0.103. The topological polar surface area (TPSA) is 51.3 Å². The van der Waals surface area contributed by atoms with E-state index in [9.17, 15) is 0 Å². The van der Waals surface area contributed by atoms with Crippen LogP contribution in [-0.4, -0.2) is 64.5 Å². The smallest absolute Gasteiger partial charge is 0.145 e. The van der Waals surface area contributed by atoms with Gasteiger partial charge in [-0.15, -0.1) is 0 Å². The van der Waals surface area contributed by atoms with E-state index < -0.39 is 0 Å². The molecule has 1 N–H and O–H groups in total. The zero-order valence-corrected chi connectivity index (χ0v) is 26.8. The first-order valence-electron chi connectivity index (χ1n) is 15.5. The molecular weight excluding hydrogens is 599 g/mol. The van der Waals surface area contributed by atoms with Crippen LogP contribution in [-0.2, 0) is 13.0 Å². The number of likely N-dealkylation sites (N-methyl/N-ethyl adjacent to an activating group) is 1. The Labute approximate surface area is 274 Å². The van der Waals surface area contributed by atoms with Crippen LogP contribution in [0.4, 0.5) is 5.82 Å². The molecule has 0 spiro atoms. The molecule has 6 aromatic rings. The van der Waals surface area contributed by atoms with Gasteiger partial charge in [0.05, 0.1) is 18.1 Å². The third-order valence-corrected chi connectivity index (χ3v) is 9.39. The number of hydrogen-bond donors (Lipinski definition) is 1. The van der Waals surface area contributed by atoms with E-state index in [0.29, 0.717) is 6.54 Å². The monoisotopic (exact) mass is 634 g/mol. The summed E-state index contributed by atoms with van der Waals surface area (Å²) in [4.78, 5) is 20.9. The lowest BCUT2D eigenvalue weighted by atomic mass is 9.96. The van der Waals surface area contributed by atoms with Crippen molar-refractivity contribution in [1.82, 2.24) is 24.8 Å². The van der Waals surface area contributed by atoms with Crippen molar-refractivity contribution in [2.24, 2.45) is 0 Å². The van der Waals surface area contributed by atoms with Gasteiger partial charge in [-0.25, -0.2) is 9.97 Å². The number of aromatic amines is 1. The Morgan fingerprint density at radius 2 is 1.38 bits per heavy atom. The number of benzene rings is 4. The van der Waals surface area contributed by atoms with Crippen molar-refractivity contribution in [3.05, 3.63) is 136 Å². The predicted molar refractivity (Wildman–Crippen MR) is 186 cm³/mol. The first kappa shape index (κ1) is 29.8. The van der Waals surface area contributed by atoms with Gasteiger partial charge in [0.2, 0.25) is 0 Å². The maximum Gasteiger partial charge on any atom is 0.145 e. The molecule has 8 heteroatoms. The SMILES string of the molecule is CN(CCc1c[nH]c2ccccc12)c1nc(CN2CCN(C(c3ccc(Cl)cc3)c3ccc(Cl)cc3)CC2)nc2ccccc12. The van der Waals surface area contributed by atoms with Gasteiger partial charge in [0.1, 0.15) is 11.6 Å². The van der Waals surface area contributed by atoms with Crippen molar-refractivity contribution >= 4 is 50.8 Å². The van der Waals surface area contributed by atoms with Crippen molar-refractivity contribution in [1.29, 1.82) is 0 Å². The maximum atomic E-state index is 6.24. The van der Waals surface area contributed by atoms with Crippen LogP contribution in [0.5, 0.6) is 0 Å². The highest BCUT2D eigenvalue weighted by atomic mass is 35.5. The summed E-state index contributed by atoms with van der Waals surface area (Å²) in [5, 5.41) is 3.86. The summed E-state index contributed by atoms with van der Waals surface area (Å²) in [6.07, 6.45) is 3.06. The summed E-state index contributed by atoms with van der Waals surface area (Å²) in [5.74, 6) is 1.85. The minimum Gasteiger partial charge on any atom is -0.361 e. The highest BCUT2D eigenvalue weighted by Crippen LogP contribution is 2.32. The molecule has 45 heavy (non-hydrogen) atoms. The number of anilines is 1. The van der Waals surface area contributed by atoms with Crippen LogP contribution in [0.3, 0.4) is 0 Å². The van der Waals surface area contributed by atoms with Gasteiger partial charge < -0.3 is 9.88 Å². The third-order valence-electron chi connectivity index (χ3n) is 8.89. The third kappa shape index (κ3) is 6.56. The fourth-order valence-electron chi connectivity index (χ4n) is 6.48. The molecule has 0 radical (unpaired) electrons. The van der Waals surface area contributed by atoms with Gasteiger partial charge in [-0.1, -0.05) is 77.8 Å². The Morgan fingerprint density at radius 1 is 0.756 bits per heavy atom. The van der Waals surface area contributed by atoms with Gasteiger partial charge in [0.25, 0.3) is 0 Å². The van der Waals surface area contributed by atoms with Crippen molar-refractivity contribution < 1.29 is 0 Å². The lowest BCUT2D eigenvalue weighted by Crippen LogP contribution is -2.47. The zero-order valence-electron chi connectivity index (χ0n) is 25.3. The maximum absolute atomic E-state index is 6.24. The molecule has 1 saturated heterocycles. The van der Waals surface area contributed by atoms with Gasteiger partial charge in [-0.05, 0) is 65.6 Å². The molecule has 1 aliphatic rings. The van der Waals surface area contributed by atoms with E-state index in [1.165, 1.54) is 27.6 Å². The van der Waals surface area contributed by atoms with Gasteiger partial charge in [0.15, 0.2) is 0 Å². The molecule has 4 aromatic carbocycles. The zero-order chi connectivity index (χ0) is 30.8. The van der Waals surface area contributed by atoms with Crippen LogP contribution in [0.2, 0.25) is 10.0 Å². The first-order valence-corrected chi connectivity index (χ1v) is 16.3. The Hall–Kier alpha value is -3.94. The molecule has 0 amide bonds. The number of fused-ring (bicyclic) bond motifs is 2. The van der Waals surface area contributed by atoms with E-state index in [4.69, 9.17) is 33.2 Å². The van der Waals surface area contributed by atoms with Crippen molar-refractivity contribution in [2.45, 2.75) is 19.0 Å². The minimum atomic E-state index is 0.135. The minimum absolute atomic E-state index is 0.135. The predicted octanol–water partition coefficient (Wildman–Crippen LogP) is 8.00. The average Bonchev–Trinajstić information content (AvgIpc) is 3.49. The second-order valence-corrected chi connectivity index (χ2v) is 12.7. The van der Waals surface area contributed by atoms with E-state index in [2.05, 4.69) is 106 Å². The van der Waals surface area contributed by atoms with E-state index in [1.54, 1.807) is 0 Å². The molecule has 0 saturated carbocycles. The van der Waals surface area contributed by atoms with E-state index in [1.807, 2.05) is 24.3 Å². The quantitative estimate of drug-likeness (QED) is 0.175. The van der Waals surface area contributed by atoms with Crippen LogP contribution >= 0.6 is 23.2 Å². The van der Waals surface area contributed by atoms with E-state index in [-0.39, 0.29) is 6.04 Å². The molecule has 2 aromatic heterocycles. The largest absolute Gasteiger partial charge is 0.361 e. The summed E-state index contributed by atoms with van der Waals surface area (Å²) >= 11 is 12.5. The van der Waals surface area contributed by atoms with Crippen LogP contribution in [0, 0.1) is 0 Å². The second-order valence-electron chi connectivity index (χ2n) is 11.8. The molecule has 0 aliphatic carbocycles. The molecule has 7 rings (SSSR count). The number of nitrogens with zero attached hydrogens (tertiary/aromatic N) is 5. The summed E-state index contributed by atoms with van der Waals surface area (Å²) in [5.41, 5.74) is 5.95. The number of aromatic nitrogens is 3. The number of H-pyrrole nitrogens is 1. The standard InChI is InChI=1S/C37H36Cl2N6/c1-43(19-18-28-24-40-33-8-4-2-6-31(28)33)37-32-7-3-5-9-34(32)41-35(42-37)25-44-20-22-45(23-21-44)36(26-10-14-29(38)15-11-26)27-12-16-30(39)17-13-27/h2-17,24,36,40H,18-23,25H2,1H3. The Kier molecular flexibility index (Phi) is 8.72. The molecule has 0 unspecified atom stereocenters.